The fourth-order valence-corrected chi connectivity index (χ4v) is 6.31. The van der Waals surface area contributed by atoms with Crippen LogP contribution >= 0.6 is 34.5 Å². The Labute approximate surface area is 271 Å². The number of fused-ring (bicyclic) bond motifs is 1. The molecule has 4 aromatic rings. The van der Waals surface area contributed by atoms with E-state index in [0.29, 0.717) is 65.8 Å². The van der Waals surface area contributed by atoms with Crippen LogP contribution in [0.1, 0.15) is 38.1 Å². The van der Waals surface area contributed by atoms with E-state index in [0.717, 1.165) is 11.3 Å². The topological polar surface area (TPSA) is 119 Å². The van der Waals surface area contributed by atoms with Gasteiger partial charge in [0, 0.05) is 16.7 Å². The van der Waals surface area contributed by atoms with E-state index in [4.69, 9.17) is 41.8 Å². The molecule has 13 heteroatoms. The number of methoxy groups -OCH3 is 1. The molecular formula is C32H28Cl2N2O8S. The number of benzene rings is 2. The first-order valence-electron chi connectivity index (χ1n) is 13.9. The lowest BCUT2D eigenvalue weighted by Crippen LogP contribution is -2.40. The zero-order valence-corrected chi connectivity index (χ0v) is 27.0. The van der Waals surface area contributed by atoms with Gasteiger partial charge in [-0.15, -0.1) is 0 Å². The number of hydrogen-bond donors (Lipinski definition) is 0. The van der Waals surface area contributed by atoms with E-state index in [2.05, 4.69) is 9.73 Å². The number of rotatable bonds is 10. The molecule has 234 valence electrons. The van der Waals surface area contributed by atoms with Crippen molar-refractivity contribution in [3.63, 3.8) is 0 Å². The Balaban J connectivity index is 1.62. The normalized spacial score (nSPS) is 14.5. The van der Waals surface area contributed by atoms with Gasteiger partial charge in [-0.3, -0.25) is 9.36 Å². The highest BCUT2D eigenvalue weighted by Crippen LogP contribution is 2.37. The van der Waals surface area contributed by atoms with Crippen LogP contribution in [0.15, 0.2) is 74.0 Å². The molecule has 10 nitrogen and oxygen atoms in total. The Bertz CT molecular complexity index is 1990. The van der Waals surface area contributed by atoms with Crippen molar-refractivity contribution < 1.29 is 33.0 Å². The molecule has 0 radical (unpaired) electrons. The highest BCUT2D eigenvalue weighted by molar-refractivity contribution is 7.07. The standard InChI is InChI=1S/C32H28Cl2N2O8S/c1-5-41-25-13-18(7-11-24(25)43-16-27(37)40-4)29-28(31(39)42-6-2)17(3)35-32-36(29)30(38)26(45-32)15-20-9-12-23(44-20)21-10-8-19(33)14-22(21)34/h7-15,29H,5-6,16H2,1-4H3/b26-15+/t29-/m1/s1. The van der Waals surface area contributed by atoms with Crippen LogP contribution in [0, 0.1) is 0 Å². The molecule has 0 unspecified atom stereocenters. The number of aromatic nitrogens is 1. The molecular weight excluding hydrogens is 643 g/mol. The zero-order valence-electron chi connectivity index (χ0n) is 24.7. The monoisotopic (exact) mass is 670 g/mol. The highest BCUT2D eigenvalue weighted by Gasteiger charge is 2.34. The van der Waals surface area contributed by atoms with Gasteiger partial charge < -0.3 is 23.4 Å². The lowest BCUT2D eigenvalue weighted by atomic mass is 9.95. The minimum Gasteiger partial charge on any atom is -0.490 e. The predicted octanol–water partition coefficient (Wildman–Crippen LogP) is 5.32. The van der Waals surface area contributed by atoms with Crippen molar-refractivity contribution in [3.8, 4) is 22.8 Å². The largest absolute Gasteiger partial charge is 0.490 e. The zero-order chi connectivity index (χ0) is 32.2. The number of thiazole rings is 1. The lowest BCUT2D eigenvalue weighted by molar-refractivity contribution is -0.143. The first-order chi connectivity index (χ1) is 21.6. The average Bonchev–Trinajstić information content (AvgIpc) is 3.59. The molecule has 0 saturated heterocycles. The van der Waals surface area contributed by atoms with E-state index >= 15 is 0 Å². The molecule has 2 aromatic carbocycles. The summed E-state index contributed by atoms with van der Waals surface area (Å²) in [4.78, 5) is 44.0. The summed E-state index contributed by atoms with van der Waals surface area (Å²) in [6.07, 6.45) is 1.62. The van der Waals surface area contributed by atoms with E-state index in [1.807, 2.05) is 0 Å². The summed E-state index contributed by atoms with van der Waals surface area (Å²) < 4.78 is 29.3. The number of halogens is 2. The first-order valence-corrected chi connectivity index (χ1v) is 15.4. The van der Waals surface area contributed by atoms with Gasteiger partial charge in [-0.05, 0) is 68.8 Å². The molecule has 45 heavy (non-hydrogen) atoms. The number of carbonyl (C=O) groups is 2. The third-order valence-corrected chi connectivity index (χ3v) is 8.30. The van der Waals surface area contributed by atoms with Gasteiger partial charge in [0.15, 0.2) is 22.9 Å². The van der Waals surface area contributed by atoms with Gasteiger partial charge in [-0.1, -0.05) is 40.6 Å². The van der Waals surface area contributed by atoms with Gasteiger partial charge in [-0.25, -0.2) is 14.6 Å². The highest BCUT2D eigenvalue weighted by atomic mass is 35.5. The molecule has 1 atom stereocenters. The van der Waals surface area contributed by atoms with Crippen LogP contribution < -0.4 is 24.4 Å². The summed E-state index contributed by atoms with van der Waals surface area (Å²) in [5, 5.41) is 0.929. The van der Waals surface area contributed by atoms with Crippen molar-refractivity contribution in [2.45, 2.75) is 26.8 Å². The van der Waals surface area contributed by atoms with Crippen LogP contribution in [0.3, 0.4) is 0 Å². The third-order valence-electron chi connectivity index (χ3n) is 6.77. The van der Waals surface area contributed by atoms with Gasteiger partial charge >= 0.3 is 11.9 Å². The summed E-state index contributed by atoms with van der Waals surface area (Å²) in [5.74, 6) is 0.389. The maximum Gasteiger partial charge on any atom is 0.343 e. The Morgan fingerprint density at radius 1 is 1.04 bits per heavy atom. The smallest absolute Gasteiger partial charge is 0.343 e. The second-order valence-corrected chi connectivity index (χ2v) is 11.5. The molecule has 2 aromatic heterocycles. The minimum absolute atomic E-state index is 0.135. The van der Waals surface area contributed by atoms with Crippen molar-refractivity contribution in [3.05, 3.63) is 101 Å². The molecule has 5 rings (SSSR count). The van der Waals surface area contributed by atoms with Crippen LogP contribution in [-0.4, -0.2) is 43.4 Å². The number of nitrogens with zero attached hydrogens (tertiary/aromatic N) is 2. The molecule has 0 spiro atoms. The Kier molecular flexibility index (Phi) is 9.81. The van der Waals surface area contributed by atoms with Crippen LogP contribution in [0.4, 0.5) is 0 Å². The Hall–Kier alpha value is -4.32. The average molecular weight is 672 g/mol. The fourth-order valence-electron chi connectivity index (χ4n) is 4.78. The number of furan rings is 1. The first kappa shape index (κ1) is 32.1. The molecule has 0 aliphatic carbocycles. The molecule has 1 aliphatic rings. The van der Waals surface area contributed by atoms with Crippen molar-refractivity contribution in [1.82, 2.24) is 4.57 Å². The second kappa shape index (κ2) is 13.8. The van der Waals surface area contributed by atoms with E-state index in [9.17, 15) is 14.4 Å². The minimum atomic E-state index is -0.892. The number of carbonyl (C=O) groups excluding carboxylic acids is 2. The van der Waals surface area contributed by atoms with Crippen LogP contribution in [0.2, 0.25) is 10.0 Å². The third kappa shape index (κ3) is 6.70. The Morgan fingerprint density at radius 2 is 1.84 bits per heavy atom. The van der Waals surface area contributed by atoms with E-state index in [1.54, 1.807) is 75.4 Å². The maximum absolute atomic E-state index is 14.0. The molecule has 3 heterocycles. The Morgan fingerprint density at radius 3 is 2.56 bits per heavy atom. The predicted molar refractivity (Wildman–Crippen MR) is 170 cm³/mol. The SMILES string of the molecule is CCOC(=O)C1=C(C)N=c2s/c(=C/c3ccc(-c4ccc(Cl)cc4Cl)o3)c(=O)n2[C@@H]1c1ccc(OCC(=O)OC)c(OCC)c1. The van der Waals surface area contributed by atoms with Crippen LogP contribution in [0.5, 0.6) is 11.5 Å². The van der Waals surface area contributed by atoms with Crippen molar-refractivity contribution in [1.29, 1.82) is 0 Å². The second-order valence-electron chi connectivity index (χ2n) is 9.63. The van der Waals surface area contributed by atoms with Gasteiger partial charge in [0.2, 0.25) is 0 Å². The maximum atomic E-state index is 14.0. The molecule has 0 saturated carbocycles. The van der Waals surface area contributed by atoms with Crippen LogP contribution in [0.25, 0.3) is 17.4 Å². The van der Waals surface area contributed by atoms with Gasteiger partial charge in [0.25, 0.3) is 5.56 Å². The van der Waals surface area contributed by atoms with Crippen molar-refractivity contribution in [2.75, 3.05) is 26.9 Å². The van der Waals surface area contributed by atoms with Gasteiger partial charge in [0.1, 0.15) is 11.5 Å². The molecule has 0 bridgehead atoms. The number of allylic oxidation sites excluding steroid dienone is 1. The summed E-state index contributed by atoms with van der Waals surface area (Å²) in [6.45, 7) is 5.31. The molecule has 0 fully saturated rings. The summed E-state index contributed by atoms with van der Waals surface area (Å²) in [7, 11) is 1.26. The summed E-state index contributed by atoms with van der Waals surface area (Å²) in [6, 6.07) is 12.7. The quantitative estimate of drug-likeness (QED) is 0.208. The molecule has 0 amide bonds. The number of esters is 2. The molecule has 0 N–H and O–H groups in total. The summed E-state index contributed by atoms with van der Waals surface area (Å²) >= 11 is 13.5. The lowest BCUT2D eigenvalue weighted by Gasteiger charge is -2.25. The van der Waals surface area contributed by atoms with Crippen molar-refractivity contribution >= 4 is 52.6 Å². The van der Waals surface area contributed by atoms with Gasteiger partial charge in [0.05, 0.1) is 47.2 Å². The molecule has 1 aliphatic heterocycles. The summed E-state index contributed by atoms with van der Waals surface area (Å²) in [5.41, 5.74) is 1.43. The number of ether oxygens (including phenoxy) is 4. The van der Waals surface area contributed by atoms with E-state index in [1.165, 1.54) is 11.7 Å². The van der Waals surface area contributed by atoms with E-state index in [-0.39, 0.29) is 24.3 Å². The van der Waals surface area contributed by atoms with Crippen molar-refractivity contribution in [2.24, 2.45) is 4.99 Å². The van der Waals surface area contributed by atoms with E-state index < -0.39 is 18.0 Å². The number of hydrogen-bond acceptors (Lipinski definition) is 10. The van der Waals surface area contributed by atoms with Gasteiger partial charge in [-0.2, -0.15) is 0 Å². The fraction of sp³-hybridized carbons (Fsp3) is 0.250. The van der Waals surface area contributed by atoms with Crippen LogP contribution in [-0.2, 0) is 19.1 Å².